The van der Waals surface area contributed by atoms with Gasteiger partial charge in [-0.05, 0) is 0 Å². The molecule has 140 valence electrons. The van der Waals surface area contributed by atoms with E-state index in [1.807, 2.05) is 0 Å². The van der Waals surface area contributed by atoms with Crippen LogP contribution >= 0.6 is 0 Å². The summed E-state index contributed by atoms with van der Waals surface area (Å²) in [5, 5.41) is 76.4. The van der Waals surface area contributed by atoms with Crippen LogP contribution in [0.25, 0.3) is 0 Å². The standard InChI is InChI=1S/C12H20O12/c13-1-2-3(14)4(15)5(16)12(22-2)24-8-6(17)9(10(19)20)23-11(21)7(8)18/h2-9,11-18,21H,1H2,(H,19,20)/t2?,3-,4?,5?,6+,7?,8?,9?,11-,12-/m0/s1. The highest BCUT2D eigenvalue weighted by Gasteiger charge is 2.51. The molecular weight excluding hydrogens is 336 g/mol. The van der Waals surface area contributed by atoms with E-state index in [9.17, 15) is 35.4 Å². The summed E-state index contributed by atoms with van der Waals surface area (Å²) in [4.78, 5) is 11.0. The Morgan fingerprint density at radius 2 is 1.50 bits per heavy atom. The van der Waals surface area contributed by atoms with E-state index in [0.29, 0.717) is 0 Å². The number of aliphatic hydroxyl groups excluding tert-OH is 7. The molecule has 8 N–H and O–H groups in total. The van der Waals surface area contributed by atoms with Crippen molar-refractivity contribution < 1.29 is 59.9 Å². The number of carbonyl (C=O) groups is 1. The number of ether oxygens (including phenoxy) is 3. The van der Waals surface area contributed by atoms with Crippen LogP contribution in [0.1, 0.15) is 0 Å². The Hall–Kier alpha value is -0.930. The monoisotopic (exact) mass is 356 g/mol. The van der Waals surface area contributed by atoms with E-state index in [2.05, 4.69) is 4.74 Å². The fourth-order valence-electron chi connectivity index (χ4n) is 2.55. The summed E-state index contributed by atoms with van der Waals surface area (Å²) >= 11 is 0. The third-order valence-corrected chi connectivity index (χ3v) is 3.94. The minimum Gasteiger partial charge on any atom is -0.479 e. The number of aliphatic carboxylic acids is 1. The molecular formula is C12H20O12. The number of rotatable bonds is 4. The first-order chi connectivity index (χ1) is 11.2. The van der Waals surface area contributed by atoms with Gasteiger partial charge in [0.1, 0.15) is 42.7 Å². The maximum absolute atomic E-state index is 11.0. The number of carboxylic acid groups (broad SMARTS) is 1. The van der Waals surface area contributed by atoms with Crippen molar-refractivity contribution in [3.8, 4) is 0 Å². The normalized spacial score (nSPS) is 49.8. The zero-order chi connectivity index (χ0) is 18.2. The second-order valence-corrected chi connectivity index (χ2v) is 5.56. The van der Waals surface area contributed by atoms with Crippen LogP contribution in [0.5, 0.6) is 0 Å². The molecule has 0 saturated carbocycles. The smallest absolute Gasteiger partial charge is 0.335 e. The van der Waals surface area contributed by atoms with Crippen molar-refractivity contribution in [1.29, 1.82) is 0 Å². The van der Waals surface area contributed by atoms with E-state index < -0.39 is 74.0 Å². The van der Waals surface area contributed by atoms with Crippen LogP contribution in [0.4, 0.5) is 0 Å². The van der Waals surface area contributed by atoms with Gasteiger partial charge in [0.2, 0.25) is 0 Å². The van der Waals surface area contributed by atoms with Crippen LogP contribution in [0.3, 0.4) is 0 Å². The van der Waals surface area contributed by atoms with Crippen LogP contribution < -0.4 is 0 Å². The van der Waals surface area contributed by atoms with Crippen molar-refractivity contribution in [1.82, 2.24) is 0 Å². The van der Waals surface area contributed by atoms with E-state index in [1.165, 1.54) is 0 Å². The largest absolute Gasteiger partial charge is 0.479 e. The van der Waals surface area contributed by atoms with Gasteiger partial charge in [-0.15, -0.1) is 0 Å². The molecule has 2 heterocycles. The lowest BCUT2D eigenvalue weighted by atomic mass is 9.97. The fraction of sp³-hybridized carbons (Fsp3) is 0.917. The van der Waals surface area contributed by atoms with E-state index in [0.717, 1.165) is 0 Å². The molecule has 0 aromatic heterocycles. The minimum absolute atomic E-state index is 0.732. The van der Waals surface area contributed by atoms with Crippen molar-refractivity contribution >= 4 is 5.97 Å². The molecule has 2 rings (SSSR count). The summed E-state index contributed by atoms with van der Waals surface area (Å²) in [5.74, 6) is -1.63. The van der Waals surface area contributed by atoms with Crippen LogP contribution in [0, 0.1) is 0 Å². The average molecular weight is 356 g/mol. The van der Waals surface area contributed by atoms with Gasteiger partial charge < -0.3 is 55.1 Å². The molecule has 24 heavy (non-hydrogen) atoms. The van der Waals surface area contributed by atoms with Gasteiger partial charge in [0.15, 0.2) is 18.7 Å². The minimum atomic E-state index is -2.00. The topological polar surface area (TPSA) is 207 Å². The molecule has 0 amide bonds. The molecule has 10 atom stereocenters. The van der Waals surface area contributed by atoms with Gasteiger partial charge in [0.25, 0.3) is 0 Å². The molecule has 0 radical (unpaired) electrons. The predicted molar refractivity (Wildman–Crippen MR) is 69.2 cm³/mol. The molecule has 6 unspecified atom stereocenters. The maximum atomic E-state index is 11.0. The van der Waals surface area contributed by atoms with Gasteiger partial charge in [-0.1, -0.05) is 0 Å². The van der Waals surface area contributed by atoms with Crippen molar-refractivity contribution in [3.05, 3.63) is 0 Å². The van der Waals surface area contributed by atoms with Crippen LogP contribution in [0.2, 0.25) is 0 Å². The Kier molecular flexibility index (Phi) is 6.09. The molecule has 0 spiro atoms. The molecule has 12 heteroatoms. The summed E-state index contributed by atoms with van der Waals surface area (Å²) < 4.78 is 14.7. The van der Waals surface area contributed by atoms with Crippen LogP contribution in [-0.4, -0.2) is 115 Å². The SMILES string of the molecule is O=C(O)C1O[C@H](O)C(O)C(O[C@@H]2OC(CO)[C@H](O)C(O)C2O)[C@H]1O. The van der Waals surface area contributed by atoms with Gasteiger partial charge >= 0.3 is 5.97 Å². The first kappa shape index (κ1) is 19.4. The predicted octanol–water partition coefficient (Wildman–Crippen LogP) is -5.30. The summed E-state index contributed by atoms with van der Waals surface area (Å²) in [6.07, 6.45) is -17.8. The lowest BCUT2D eigenvalue weighted by Crippen LogP contribution is -2.65. The second-order valence-electron chi connectivity index (χ2n) is 5.56. The number of carboxylic acids is 1. The van der Waals surface area contributed by atoms with Crippen LogP contribution in [-0.2, 0) is 19.0 Å². The molecule has 0 aliphatic carbocycles. The highest BCUT2D eigenvalue weighted by Crippen LogP contribution is 2.28. The third kappa shape index (κ3) is 3.52. The van der Waals surface area contributed by atoms with E-state index in [4.69, 9.17) is 19.7 Å². The maximum Gasteiger partial charge on any atom is 0.335 e. The average Bonchev–Trinajstić information content (AvgIpc) is 2.54. The lowest BCUT2D eigenvalue weighted by Gasteiger charge is -2.44. The molecule has 2 saturated heterocycles. The second kappa shape index (κ2) is 7.53. The first-order valence-corrected chi connectivity index (χ1v) is 7.07. The molecule has 0 bridgehead atoms. The zero-order valence-corrected chi connectivity index (χ0v) is 12.2. The zero-order valence-electron chi connectivity index (χ0n) is 12.2. The van der Waals surface area contributed by atoms with Gasteiger partial charge in [-0.2, -0.15) is 0 Å². The van der Waals surface area contributed by atoms with Gasteiger partial charge in [0, 0.05) is 0 Å². The van der Waals surface area contributed by atoms with Crippen molar-refractivity contribution in [3.63, 3.8) is 0 Å². The molecule has 0 aromatic carbocycles. The molecule has 12 nitrogen and oxygen atoms in total. The van der Waals surface area contributed by atoms with Crippen molar-refractivity contribution in [2.24, 2.45) is 0 Å². The molecule has 2 aliphatic rings. The Labute approximate surface area is 135 Å². The van der Waals surface area contributed by atoms with E-state index >= 15 is 0 Å². The first-order valence-electron chi connectivity index (χ1n) is 7.07. The van der Waals surface area contributed by atoms with Gasteiger partial charge in [0.05, 0.1) is 6.61 Å². The summed E-state index contributed by atoms with van der Waals surface area (Å²) in [5.41, 5.74) is 0. The van der Waals surface area contributed by atoms with E-state index in [-0.39, 0.29) is 0 Å². The van der Waals surface area contributed by atoms with E-state index in [1.54, 1.807) is 0 Å². The number of hydrogen-bond acceptors (Lipinski definition) is 11. The summed E-state index contributed by atoms with van der Waals surface area (Å²) in [6.45, 7) is -0.732. The lowest BCUT2D eigenvalue weighted by molar-refractivity contribution is -0.352. The summed E-state index contributed by atoms with van der Waals surface area (Å²) in [7, 11) is 0. The number of hydrogen-bond donors (Lipinski definition) is 8. The fourth-order valence-corrected chi connectivity index (χ4v) is 2.55. The Balaban J connectivity index is 2.16. The number of aliphatic hydroxyl groups is 7. The van der Waals surface area contributed by atoms with Crippen molar-refractivity contribution in [2.75, 3.05) is 6.61 Å². The highest BCUT2D eigenvalue weighted by molar-refractivity contribution is 5.73. The summed E-state index contributed by atoms with van der Waals surface area (Å²) in [6, 6.07) is 0. The van der Waals surface area contributed by atoms with Gasteiger partial charge in [-0.3, -0.25) is 0 Å². The molecule has 2 fully saturated rings. The van der Waals surface area contributed by atoms with Crippen LogP contribution in [0.15, 0.2) is 0 Å². The Bertz CT molecular complexity index is 444. The van der Waals surface area contributed by atoms with Crippen molar-refractivity contribution in [2.45, 2.75) is 61.4 Å². The third-order valence-electron chi connectivity index (χ3n) is 3.94. The Morgan fingerprint density at radius 3 is 2.04 bits per heavy atom. The quantitative estimate of drug-likeness (QED) is 0.238. The molecule has 0 aromatic rings. The Morgan fingerprint density at radius 1 is 0.875 bits per heavy atom. The van der Waals surface area contributed by atoms with Gasteiger partial charge in [-0.25, -0.2) is 4.79 Å². The highest BCUT2D eigenvalue weighted by atomic mass is 16.7. The molecule has 2 aliphatic heterocycles.